The van der Waals surface area contributed by atoms with Crippen molar-refractivity contribution in [2.24, 2.45) is 0 Å². The fourth-order valence-corrected chi connectivity index (χ4v) is 2.77. The Hall–Kier alpha value is -2.24. The van der Waals surface area contributed by atoms with E-state index in [2.05, 4.69) is 37.5 Å². The van der Waals surface area contributed by atoms with Crippen LogP contribution in [-0.4, -0.2) is 41.8 Å². The van der Waals surface area contributed by atoms with E-state index in [4.69, 9.17) is 10.7 Å². The molecule has 120 valence electrons. The second-order valence-electron chi connectivity index (χ2n) is 5.10. The third-order valence-electron chi connectivity index (χ3n) is 4.08. The second kappa shape index (κ2) is 6.68. The van der Waals surface area contributed by atoms with Gasteiger partial charge < -0.3 is 15.5 Å². The van der Waals surface area contributed by atoms with Gasteiger partial charge in [0.25, 0.3) is 0 Å². The van der Waals surface area contributed by atoms with E-state index in [0.29, 0.717) is 16.9 Å². The van der Waals surface area contributed by atoms with Gasteiger partial charge >= 0.3 is 0 Å². The van der Waals surface area contributed by atoms with Crippen molar-refractivity contribution < 1.29 is 4.79 Å². The average Bonchev–Trinajstić information content (AvgIpc) is 2.91. The number of nitrogens with zero attached hydrogens (tertiary/aromatic N) is 4. The van der Waals surface area contributed by atoms with E-state index in [1.54, 1.807) is 6.07 Å². The van der Waals surface area contributed by atoms with E-state index < -0.39 is 0 Å². The first-order valence-corrected chi connectivity index (χ1v) is 7.88. The predicted molar refractivity (Wildman–Crippen MR) is 92.1 cm³/mol. The molecule has 2 N–H and O–H groups in total. The fourth-order valence-electron chi connectivity index (χ4n) is 2.77. The molecule has 0 aliphatic rings. The van der Waals surface area contributed by atoms with Crippen LogP contribution in [0.2, 0.25) is 0 Å². The molecular formula is C16H25N5O. The van der Waals surface area contributed by atoms with Gasteiger partial charge in [0.05, 0.1) is 5.69 Å². The third-order valence-corrected chi connectivity index (χ3v) is 4.08. The molecule has 0 atom stereocenters. The highest BCUT2D eigenvalue weighted by atomic mass is 16.1. The number of carbonyl (C=O) groups is 1. The predicted octanol–water partition coefficient (Wildman–Crippen LogP) is 2.42. The molecule has 0 radical (unpaired) electrons. The van der Waals surface area contributed by atoms with Crippen LogP contribution in [0.5, 0.6) is 0 Å². The van der Waals surface area contributed by atoms with Crippen molar-refractivity contribution in [3.63, 3.8) is 0 Å². The van der Waals surface area contributed by atoms with Crippen LogP contribution in [-0.2, 0) is 0 Å². The SMILES string of the molecule is CCN(CC)c1nc2c(N)c(C=O)ccn2c1N(CC)CC. The molecule has 0 aliphatic carbocycles. The van der Waals surface area contributed by atoms with Gasteiger partial charge in [-0.15, -0.1) is 0 Å². The van der Waals surface area contributed by atoms with Crippen molar-refractivity contribution >= 4 is 29.3 Å². The Morgan fingerprint density at radius 1 is 1.14 bits per heavy atom. The Morgan fingerprint density at radius 3 is 2.23 bits per heavy atom. The molecule has 0 saturated heterocycles. The zero-order chi connectivity index (χ0) is 16.3. The molecule has 6 heteroatoms. The minimum atomic E-state index is 0.435. The van der Waals surface area contributed by atoms with Gasteiger partial charge in [0.1, 0.15) is 0 Å². The monoisotopic (exact) mass is 303 g/mol. The summed E-state index contributed by atoms with van der Waals surface area (Å²) >= 11 is 0. The van der Waals surface area contributed by atoms with E-state index in [9.17, 15) is 4.79 Å². The van der Waals surface area contributed by atoms with Gasteiger partial charge in [0.2, 0.25) is 0 Å². The Morgan fingerprint density at radius 2 is 1.73 bits per heavy atom. The number of rotatable bonds is 7. The van der Waals surface area contributed by atoms with Crippen LogP contribution in [0.1, 0.15) is 38.1 Å². The summed E-state index contributed by atoms with van der Waals surface area (Å²) in [4.78, 5) is 20.3. The zero-order valence-corrected chi connectivity index (χ0v) is 13.8. The highest BCUT2D eigenvalue weighted by Gasteiger charge is 2.22. The zero-order valence-electron chi connectivity index (χ0n) is 13.8. The highest BCUT2D eigenvalue weighted by molar-refractivity contribution is 5.91. The third kappa shape index (κ3) is 2.49. The smallest absolute Gasteiger partial charge is 0.172 e. The van der Waals surface area contributed by atoms with Gasteiger partial charge in [-0.2, -0.15) is 0 Å². The van der Waals surface area contributed by atoms with Crippen LogP contribution in [0, 0.1) is 0 Å². The van der Waals surface area contributed by atoms with E-state index in [1.807, 2.05) is 10.6 Å². The minimum absolute atomic E-state index is 0.435. The molecule has 0 saturated carbocycles. The van der Waals surface area contributed by atoms with Crippen LogP contribution in [0.25, 0.3) is 5.65 Å². The van der Waals surface area contributed by atoms with E-state index in [-0.39, 0.29) is 0 Å². The molecule has 0 fully saturated rings. The molecule has 2 aromatic rings. The number of pyridine rings is 1. The van der Waals surface area contributed by atoms with Crippen LogP contribution >= 0.6 is 0 Å². The second-order valence-corrected chi connectivity index (χ2v) is 5.10. The van der Waals surface area contributed by atoms with Gasteiger partial charge in [0, 0.05) is 37.9 Å². The standard InChI is InChI=1S/C16H25N5O/c1-5-19(6-2)15-16(20(7-3)8-4)21-10-9-12(11-22)13(17)14(21)18-15/h9-11H,5-8,17H2,1-4H3. The van der Waals surface area contributed by atoms with Gasteiger partial charge in [-0.25, -0.2) is 4.98 Å². The number of hydrogen-bond donors (Lipinski definition) is 1. The molecule has 0 bridgehead atoms. The Kier molecular flexibility index (Phi) is 4.90. The number of hydrogen-bond acceptors (Lipinski definition) is 5. The van der Waals surface area contributed by atoms with Crippen LogP contribution in [0.15, 0.2) is 12.3 Å². The van der Waals surface area contributed by atoms with Crippen LogP contribution in [0.4, 0.5) is 17.3 Å². The van der Waals surface area contributed by atoms with Crippen molar-refractivity contribution in [1.29, 1.82) is 0 Å². The molecule has 2 heterocycles. The number of fused-ring (bicyclic) bond motifs is 1. The Bertz CT molecular complexity index is 656. The summed E-state index contributed by atoms with van der Waals surface area (Å²) in [5, 5.41) is 0. The first-order chi connectivity index (χ1) is 10.6. The number of aromatic nitrogens is 2. The Balaban J connectivity index is 2.78. The quantitative estimate of drug-likeness (QED) is 0.796. The maximum absolute atomic E-state index is 11.1. The van der Waals surface area contributed by atoms with E-state index >= 15 is 0 Å². The van der Waals surface area contributed by atoms with Gasteiger partial charge in [-0.05, 0) is 33.8 Å². The first-order valence-electron chi connectivity index (χ1n) is 7.88. The van der Waals surface area contributed by atoms with Crippen LogP contribution in [0.3, 0.4) is 0 Å². The molecule has 0 aromatic carbocycles. The maximum Gasteiger partial charge on any atom is 0.172 e. The number of imidazole rings is 1. The first kappa shape index (κ1) is 16.1. The molecule has 22 heavy (non-hydrogen) atoms. The summed E-state index contributed by atoms with van der Waals surface area (Å²) in [7, 11) is 0. The number of anilines is 3. The van der Waals surface area contributed by atoms with Crippen molar-refractivity contribution in [1.82, 2.24) is 9.38 Å². The lowest BCUT2D eigenvalue weighted by Crippen LogP contribution is -2.28. The molecule has 0 unspecified atom stereocenters. The summed E-state index contributed by atoms with van der Waals surface area (Å²) in [5.74, 6) is 1.95. The van der Waals surface area contributed by atoms with Crippen molar-refractivity contribution in [3.8, 4) is 0 Å². The maximum atomic E-state index is 11.1. The lowest BCUT2D eigenvalue weighted by molar-refractivity contribution is 0.112. The molecule has 6 nitrogen and oxygen atoms in total. The molecule has 2 rings (SSSR count). The summed E-state index contributed by atoms with van der Waals surface area (Å²) in [6.07, 6.45) is 2.65. The van der Waals surface area contributed by atoms with Crippen molar-refractivity contribution in [2.45, 2.75) is 27.7 Å². The van der Waals surface area contributed by atoms with Crippen molar-refractivity contribution in [2.75, 3.05) is 41.7 Å². The molecule has 2 aromatic heterocycles. The average molecular weight is 303 g/mol. The number of aldehydes is 1. The van der Waals surface area contributed by atoms with E-state index in [1.165, 1.54) is 0 Å². The minimum Gasteiger partial charge on any atom is -0.395 e. The molecular weight excluding hydrogens is 278 g/mol. The number of nitrogen functional groups attached to an aromatic ring is 1. The lowest BCUT2D eigenvalue weighted by Gasteiger charge is -2.26. The molecule has 0 aliphatic heterocycles. The summed E-state index contributed by atoms with van der Waals surface area (Å²) in [6, 6.07) is 1.75. The van der Waals surface area contributed by atoms with Gasteiger partial charge in [-0.1, -0.05) is 0 Å². The van der Waals surface area contributed by atoms with E-state index in [0.717, 1.165) is 44.1 Å². The van der Waals surface area contributed by atoms with Crippen LogP contribution < -0.4 is 15.5 Å². The molecule has 0 amide bonds. The highest BCUT2D eigenvalue weighted by Crippen LogP contribution is 2.33. The summed E-state index contributed by atoms with van der Waals surface area (Å²) < 4.78 is 1.99. The summed E-state index contributed by atoms with van der Waals surface area (Å²) in [5.41, 5.74) is 7.69. The molecule has 0 spiro atoms. The number of nitrogens with two attached hydrogens (primary N) is 1. The topological polar surface area (TPSA) is 66.9 Å². The van der Waals surface area contributed by atoms with Gasteiger partial charge in [0.15, 0.2) is 23.6 Å². The normalized spacial score (nSPS) is 10.9. The Labute approximate surface area is 131 Å². The largest absolute Gasteiger partial charge is 0.395 e. The lowest BCUT2D eigenvalue weighted by atomic mass is 10.2. The van der Waals surface area contributed by atoms with Gasteiger partial charge in [-0.3, -0.25) is 9.20 Å². The fraction of sp³-hybridized carbons (Fsp3) is 0.500. The summed E-state index contributed by atoms with van der Waals surface area (Å²) in [6.45, 7) is 12.0. The van der Waals surface area contributed by atoms with Crippen molar-refractivity contribution in [3.05, 3.63) is 17.8 Å². The number of carbonyl (C=O) groups excluding carboxylic acids is 1.